The molecule has 0 spiro atoms. The third kappa shape index (κ3) is 6.52. The lowest BCUT2D eigenvalue weighted by molar-refractivity contribution is 0.0513. The molecule has 0 atom stereocenters. The minimum absolute atomic E-state index is 0. The van der Waals surface area contributed by atoms with Gasteiger partial charge in [0.05, 0.1) is 0 Å². The van der Waals surface area contributed by atoms with Crippen molar-refractivity contribution < 1.29 is 9.13 Å². The van der Waals surface area contributed by atoms with Crippen LogP contribution in [0.5, 0.6) is 0 Å². The maximum atomic E-state index is 13.4. The maximum Gasteiger partial charge on any atom is 0.191 e. The summed E-state index contributed by atoms with van der Waals surface area (Å²) < 4.78 is 19.0. The summed E-state index contributed by atoms with van der Waals surface area (Å²) in [6.45, 7) is 9.02. The van der Waals surface area contributed by atoms with Crippen molar-refractivity contribution in [2.24, 2.45) is 4.99 Å². The predicted octanol–water partition coefficient (Wildman–Crippen LogP) is 3.53. The maximum absolute atomic E-state index is 13.4. The molecular formula is C22H36FIN4O. The molecular weight excluding hydrogens is 482 g/mol. The Balaban J connectivity index is 0.00000300. The van der Waals surface area contributed by atoms with Gasteiger partial charge in [0.2, 0.25) is 0 Å². The van der Waals surface area contributed by atoms with Crippen LogP contribution in [0.1, 0.15) is 45.1 Å². The largest absolute Gasteiger partial charge is 0.381 e. The standard InChI is InChI=1S/C22H35FN4O.HI/c1-17(2)27-12-8-20(9-13-27)26-21(24-3)25-16-22(10-14-28-15-11-22)18-4-6-19(23)7-5-18;/h4-7,17,20H,8-16H2,1-3H3,(H2,24,25,26);1H. The number of benzene rings is 1. The summed E-state index contributed by atoms with van der Waals surface area (Å²) in [7, 11) is 1.83. The molecule has 2 heterocycles. The number of piperidine rings is 1. The van der Waals surface area contributed by atoms with Gasteiger partial charge in [-0.1, -0.05) is 12.1 Å². The van der Waals surface area contributed by atoms with Gasteiger partial charge < -0.3 is 20.3 Å². The van der Waals surface area contributed by atoms with Crippen LogP contribution in [0.4, 0.5) is 4.39 Å². The Hall–Kier alpha value is -0.930. The van der Waals surface area contributed by atoms with Crippen LogP contribution in [0, 0.1) is 5.82 Å². The molecule has 29 heavy (non-hydrogen) atoms. The van der Waals surface area contributed by atoms with E-state index < -0.39 is 0 Å². The number of nitrogens with zero attached hydrogens (tertiary/aromatic N) is 2. The molecule has 0 saturated carbocycles. The van der Waals surface area contributed by atoms with Gasteiger partial charge in [0, 0.05) is 57.4 Å². The highest BCUT2D eigenvalue weighted by molar-refractivity contribution is 14.0. The zero-order valence-corrected chi connectivity index (χ0v) is 20.2. The van der Waals surface area contributed by atoms with Crippen LogP contribution < -0.4 is 10.6 Å². The third-order valence-electron chi connectivity index (χ3n) is 6.33. The van der Waals surface area contributed by atoms with E-state index in [0.29, 0.717) is 12.1 Å². The van der Waals surface area contributed by atoms with Crippen LogP contribution in [-0.2, 0) is 10.2 Å². The highest BCUT2D eigenvalue weighted by Crippen LogP contribution is 2.34. The quantitative estimate of drug-likeness (QED) is 0.356. The Morgan fingerprint density at radius 3 is 2.38 bits per heavy atom. The van der Waals surface area contributed by atoms with E-state index in [1.807, 2.05) is 19.2 Å². The lowest BCUT2D eigenvalue weighted by atomic mass is 9.74. The number of halogens is 2. The van der Waals surface area contributed by atoms with Gasteiger partial charge in [0.1, 0.15) is 5.82 Å². The lowest BCUT2D eigenvalue weighted by Gasteiger charge is -2.39. The smallest absolute Gasteiger partial charge is 0.191 e. The van der Waals surface area contributed by atoms with Gasteiger partial charge in [-0.25, -0.2) is 4.39 Å². The van der Waals surface area contributed by atoms with E-state index in [-0.39, 0.29) is 35.2 Å². The Labute approximate surface area is 191 Å². The number of aliphatic imine (C=N–C) groups is 1. The van der Waals surface area contributed by atoms with E-state index >= 15 is 0 Å². The first-order valence-electron chi connectivity index (χ1n) is 10.6. The van der Waals surface area contributed by atoms with Gasteiger partial charge in [-0.3, -0.25) is 4.99 Å². The van der Waals surface area contributed by atoms with Gasteiger partial charge >= 0.3 is 0 Å². The van der Waals surface area contributed by atoms with Crippen molar-refractivity contribution in [1.29, 1.82) is 0 Å². The molecule has 2 aliphatic rings. The second-order valence-corrected chi connectivity index (χ2v) is 8.37. The lowest BCUT2D eigenvalue weighted by Crippen LogP contribution is -2.52. The molecule has 3 rings (SSSR count). The van der Waals surface area contributed by atoms with Crippen LogP contribution in [0.25, 0.3) is 0 Å². The summed E-state index contributed by atoms with van der Waals surface area (Å²) in [5, 5.41) is 7.15. The number of hydrogen-bond donors (Lipinski definition) is 2. The van der Waals surface area contributed by atoms with Crippen LogP contribution in [-0.4, -0.2) is 62.8 Å². The normalized spacial score (nSPS) is 20.9. The molecule has 1 aromatic rings. The van der Waals surface area contributed by atoms with Crippen molar-refractivity contribution in [3.63, 3.8) is 0 Å². The van der Waals surface area contributed by atoms with E-state index in [4.69, 9.17) is 4.74 Å². The summed E-state index contributed by atoms with van der Waals surface area (Å²) in [6.07, 6.45) is 4.12. The molecule has 0 aliphatic carbocycles. The first-order valence-corrected chi connectivity index (χ1v) is 10.6. The second-order valence-electron chi connectivity index (χ2n) is 8.37. The molecule has 0 amide bonds. The summed E-state index contributed by atoms with van der Waals surface area (Å²) in [4.78, 5) is 6.98. The van der Waals surface area contributed by atoms with Gasteiger partial charge in [-0.05, 0) is 57.2 Å². The number of guanidine groups is 1. The van der Waals surface area contributed by atoms with E-state index in [2.05, 4.69) is 34.4 Å². The molecule has 0 aromatic heterocycles. The van der Waals surface area contributed by atoms with Crippen LogP contribution in [0.15, 0.2) is 29.3 Å². The van der Waals surface area contributed by atoms with Gasteiger partial charge in [0.25, 0.3) is 0 Å². The van der Waals surface area contributed by atoms with Crippen molar-refractivity contribution in [1.82, 2.24) is 15.5 Å². The summed E-state index contributed by atoms with van der Waals surface area (Å²) in [5.74, 6) is 0.667. The number of ether oxygens (including phenoxy) is 1. The highest BCUT2D eigenvalue weighted by atomic mass is 127. The fourth-order valence-corrected chi connectivity index (χ4v) is 4.33. The first-order chi connectivity index (χ1) is 13.5. The average Bonchev–Trinajstić information content (AvgIpc) is 2.72. The van der Waals surface area contributed by atoms with E-state index in [9.17, 15) is 4.39 Å². The fraction of sp³-hybridized carbons (Fsp3) is 0.682. The van der Waals surface area contributed by atoms with Crippen LogP contribution >= 0.6 is 24.0 Å². The molecule has 2 saturated heterocycles. The summed E-state index contributed by atoms with van der Waals surface area (Å²) >= 11 is 0. The summed E-state index contributed by atoms with van der Waals surface area (Å²) in [6, 6.07) is 8.02. The van der Waals surface area contributed by atoms with Crippen molar-refractivity contribution in [3.05, 3.63) is 35.6 Å². The Morgan fingerprint density at radius 1 is 1.21 bits per heavy atom. The Kier molecular flexibility index (Phi) is 9.62. The number of likely N-dealkylation sites (tertiary alicyclic amines) is 1. The van der Waals surface area contributed by atoms with Crippen molar-refractivity contribution in [2.75, 3.05) is 39.9 Å². The van der Waals surface area contributed by atoms with Gasteiger partial charge in [-0.15, -0.1) is 24.0 Å². The molecule has 2 fully saturated rings. The number of rotatable bonds is 5. The topological polar surface area (TPSA) is 48.9 Å². The van der Waals surface area contributed by atoms with E-state index in [1.54, 1.807) is 12.1 Å². The molecule has 1 aromatic carbocycles. The second kappa shape index (κ2) is 11.5. The van der Waals surface area contributed by atoms with Crippen LogP contribution in [0.2, 0.25) is 0 Å². The average molecular weight is 518 g/mol. The first kappa shape index (κ1) is 24.3. The fourth-order valence-electron chi connectivity index (χ4n) is 4.33. The van der Waals surface area contributed by atoms with Crippen molar-refractivity contribution in [2.45, 2.75) is 57.0 Å². The minimum Gasteiger partial charge on any atom is -0.381 e. The predicted molar refractivity (Wildman–Crippen MR) is 128 cm³/mol. The number of hydrogen-bond acceptors (Lipinski definition) is 3. The zero-order chi connectivity index (χ0) is 20.0. The molecule has 164 valence electrons. The minimum atomic E-state index is -0.191. The molecule has 5 nitrogen and oxygen atoms in total. The Bertz CT molecular complexity index is 639. The number of nitrogens with one attached hydrogen (secondary N) is 2. The van der Waals surface area contributed by atoms with Crippen LogP contribution in [0.3, 0.4) is 0 Å². The zero-order valence-electron chi connectivity index (χ0n) is 17.9. The molecule has 0 radical (unpaired) electrons. The highest BCUT2D eigenvalue weighted by Gasteiger charge is 2.35. The van der Waals surface area contributed by atoms with E-state index in [1.165, 1.54) is 5.56 Å². The molecule has 7 heteroatoms. The Morgan fingerprint density at radius 2 is 1.83 bits per heavy atom. The molecule has 2 N–H and O–H groups in total. The van der Waals surface area contributed by atoms with Gasteiger partial charge in [-0.2, -0.15) is 0 Å². The molecule has 2 aliphatic heterocycles. The van der Waals surface area contributed by atoms with Crippen molar-refractivity contribution >= 4 is 29.9 Å². The monoisotopic (exact) mass is 518 g/mol. The molecule has 0 unspecified atom stereocenters. The molecule has 0 bridgehead atoms. The van der Waals surface area contributed by atoms with E-state index in [0.717, 1.165) is 64.5 Å². The van der Waals surface area contributed by atoms with Crippen molar-refractivity contribution in [3.8, 4) is 0 Å². The summed E-state index contributed by atoms with van der Waals surface area (Å²) in [5.41, 5.74) is 1.12. The van der Waals surface area contributed by atoms with Gasteiger partial charge in [0.15, 0.2) is 5.96 Å². The SMILES string of the molecule is CN=C(NCC1(c2ccc(F)cc2)CCOCC1)NC1CCN(C(C)C)CC1.I. The third-order valence-corrected chi connectivity index (χ3v) is 6.33.